The van der Waals surface area contributed by atoms with Gasteiger partial charge in [-0.1, -0.05) is 0 Å². The molecule has 14 heavy (non-hydrogen) atoms. The third-order valence-corrected chi connectivity index (χ3v) is 2.26. The van der Waals surface area contributed by atoms with Crippen molar-refractivity contribution in [2.45, 2.75) is 19.9 Å². The van der Waals surface area contributed by atoms with E-state index in [9.17, 15) is 9.59 Å². The minimum absolute atomic E-state index is 0.0259. The summed E-state index contributed by atoms with van der Waals surface area (Å²) in [6.45, 7) is 4.09. The summed E-state index contributed by atoms with van der Waals surface area (Å²) >= 11 is 0. The number of hydrogen-bond acceptors (Lipinski definition) is 3. The minimum Gasteiger partial charge on any atom is -0.329 e. The first-order valence-electron chi connectivity index (χ1n) is 4.60. The van der Waals surface area contributed by atoms with Gasteiger partial charge in [0.05, 0.1) is 6.04 Å². The highest BCUT2D eigenvalue weighted by molar-refractivity contribution is 5.86. The maximum absolute atomic E-state index is 11.6. The Bertz CT molecular complexity index is 218. The van der Waals surface area contributed by atoms with E-state index in [1.165, 1.54) is 16.7 Å². The molecule has 5 nitrogen and oxygen atoms in total. The van der Waals surface area contributed by atoms with Crippen molar-refractivity contribution in [1.82, 2.24) is 9.80 Å². The van der Waals surface area contributed by atoms with Gasteiger partial charge in [-0.15, -0.1) is 0 Å². The second-order valence-electron chi connectivity index (χ2n) is 3.39. The number of likely N-dealkylation sites (N-methyl/N-ethyl adjacent to an activating group) is 2. The van der Waals surface area contributed by atoms with Crippen molar-refractivity contribution in [3.05, 3.63) is 0 Å². The van der Waals surface area contributed by atoms with Crippen LogP contribution in [0.5, 0.6) is 0 Å². The number of amides is 2. The molecule has 1 atom stereocenters. The van der Waals surface area contributed by atoms with Crippen molar-refractivity contribution in [2.75, 3.05) is 27.2 Å². The molecule has 0 bridgehead atoms. The van der Waals surface area contributed by atoms with Crippen LogP contribution in [0, 0.1) is 0 Å². The molecule has 82 valence electrons. The Morgan fingerprint density at radius 3 is 2.21 bits per heavy atom. The number of nitrogens with two attached hydrogens (primary N) is 1. The van der Waals surface area contributed by atoms with Crippen LogP contribution in [0.25, 0.3) is 0 Å². The van der Waals surface area contributed by atoms with Gasteiger partial charge in [0.1, 0.15) is 0 Å². The van der Waals surface area contributed by atoms with Gasteiger partial charge in [-0.2, -0.15) is 0 Å². The van der Waals surface area contributed by atoms with Gasteiger partial charge in [-0.3, -0.25) is 4.79 Å². The van der Waals surface area contributed by atoms with Crippen LogP contribution in [0.15, 0.2) is 0 Å². The molecule has 0 aromatic heterocycles. The number of hydrogen-bond donors (Lipinski definition) is 1. The second kappa shape index (κ2) is 5.59. The van der Waals surface area contributed by atoms with Gasteiger partial charge in [0.25, 0.3) is 0 Å². The highest BCUT2D eigenvalue weighted by Gasteiger charge is 2.21. The number of carbonyl (C=O) groups is 2. The van der Waals surface area contributed by atoms with Crippen molar-refractivity contribution >= 4 is 11.8 Å². The van der Waals surface area contributed by atoms with Crippen LogP contribution in [0.2, 0.25) is 0 Å². The fourth-order valence-electron chi connectivity index (χ4n) is 0.997. The van der Waals surface area contributed by atoms with Crippen LogP contribution >= 0.6 is 0 Å². The molecular formula is C9H19N3O2. The molecule has 0 aliphatic heterocycles. The fraction of sp³-hybridized carbons (Fsp3) is 0.778. The molecule has 0 radical (unpaired) electrons. The minimum atomic E-state index is -0.386. The van der Waals surface area contributed by atoms with Gasteiger partial charge in [0, 0.05) is 27.2 Å². The summed E-state index contributed by atoms with van der Waals surface area (Å²) in [7, 11) is 3.28. The average molecular weight is 201 g/mol. The van der Waals surface area contributed by atoms with Gasteiger partial charge in [-0.05, 0) is 13.8 Å². The first kappa shape index (κ1) is 12.9. The molecular weight excluding hydrogens is 182 g/mol. The molecule has 0 heterocycles. The molecule has 0 aliphatic rings. The molecule has 2 amide bonds. The lowest BCUT2D eigenvalue weighted by Gasteiger charge is -2.28. The van der Waals surface area contributed by atoms with Gasteiger partial charge >= 0.3 is 6.03 Å². The maximum atomic E-state index is 11.6. The van der Waals surface area contributed by atoms with E-state index in [-0.39, 0.29) is 17.9 Å². The van der Waals surface area contributed by atoms with E-state index in [1.54, 1.807) is 21.0 Å². The average Bonchev–Trinajstić information content (AvgIpc) is 2.14. The van der Waals surface area contributed by atoms with E-state index in [1.807, 2.05) is 0 Å². The summed E-state index contributed by atoms with van der Waals surface area (Å²) in [4.78, 5) is 25.6. The van der Waals surface area contributed by atoms with Crippen LogP contribution in [-0.4, -0.2) is 54.8 Å². The second-order valence-corrected chi connectivity index (χ2v) is 3.39. The largest absolute Gasteiger partial charge is 0.329 e. The number of ketones is 1. The van der Waals surface area contributed by atoms with Crippen LogP contribution in [0.3, 0.4) is 0 Å². The Morgan fingerprint density at radius 1 is 1.36 bits per heavy atom. The van der Waals surface area contributed by atoms with E-state index in [2.05, 4.69) is 0 Å². The molecule has 0 fully saturated rings. The number of Topliss-reactive ketones (excluding diaryl/α,β-unsaturated/α-hetero) is 1. The van der Waals surface area contributed by atoms with Crippen molar-refractivity contribution in [3.63, 3.8) is 0 Å². The number of urea groups is 1. The first-order chi connectivity index (χ1) is 6.41. The Balaban J connectivity index is 4.30. The van der Waals surface area contributed by atoms with E-state index in [4.69, 9.17) is 5.73 Å². The van der Waals surface area contributed by atoms with Crippen molar-refractivity contribution < 1.29 is 9.59 Å². The summed E-state index contributed by atoms with van der Waals surface area (Å²) in [6, 6.07) is -0.569. The summed E-state index contributed by atoms with van der Waals surface area (Å²) in [5.74, 6) is -0.0259. The molecule has 2 N–H and O–H groups in total. The van der Waals surface area contributed by atoms with Crippen molar-refractivity contribution in [3.8, 4) is 0 Å². The zero-order valence-electron chi connectivity index (χ0n) is 9.28. The molecule has 0 aromatic carbocycles. The van der Waals surface area contributed by atoms with Crippen LogP contribution in [-0.2, 0) is 4.79 Å². The lowest BCUT2D eigenvalue weighted by Crippen LogP contribution is -2.47. The monoisotopic (exact) mass is 201 g/mol. The van der Waals surface area contributed by atoms with Gasteiger partial charge in [-0.25, -0.2) is 4.79 Å². The highest BCUT2D eigenvalue weighted by Crippen LogP contribution is 2.01. The van der Waals surface area contributed by atoms with Gasteiger partial charge in [0.2, 0.25) is 0 Å². The Labute approximate surface area is 84.8 Å². The molecule has 0 saturated carbocycles. The van der Waals surface area contributed by atoms with E-state index in [0.29, 0.717) is 13.1 Å². The lowest BCUT2D eigenvalue weighted by atomic mass is 10.2. The SMILES string of the molecule is CC(=O)C(C)N(C)C(=O)N(C)CCN. The van der Waals surface area contributed by atoms with Gasteiger partial charge < -0.3 is 15.5 Å². The molecule has 0 aromatic rings. The smallest absolute Gasteiger partial charge is 0.320 e. The Kier molecular flexibility index (Phi) is 5.15. The van der Waals surface area contributed by atoms with Crippen LogP contribution in [0.1, 0.15) is 13.8 Å². The molecule has 0 rings (SSSR count). The first-order valence-corrected chi connectivity index (χ1v) is 4.60. The van der Waals surface area contributed by atoms with E-state index < -0.39 is 0 Å². The van der Waals surface area contributed by atoms with E-state index in [0.717, 1.165) is 0 Å². The van der Waals surface area contributed by atoms with E-state index >= 15 is 0 Å². The Morgan fingerprint density at radius 2 is 1.86 bits per heavy atom. The normalized spacial score (nSPS) is 12.1. The quantitative estimate of drug-likeness (QED) is 0.691. The topological polar surface area (TPSA) is 66.6 Å². The predicted octanol–water partition coefficient (Wildman–Crippen LogP) is -0.0938. The molecule has 5 heteroatoms. The van der Waals surface area contributed by atoms with Gasteiger partial charge in [0.15, 0.2) is 5.78 Å². The number of rotatable bonds is 4. The maximum Gasteiger partial charge on any atom is 0.320 e. The summed E-state index contributed by atoms with van der Waals surface area (Å²) in [5.41, 5.74) is 5.32. The highest BCUT2D eigenvalue weighted by atomic mass is 16.2. The fourth-order valence-corrected chi connectivity index (χ4v) is 0.997. The van der Waals surface area contributed by atoms with Crippen molar-refractivity contribution in [1.29, 1.82) is 0 Å². The number of carbonyl (C=O) groups excluding carboxylic acids is 2. The third-order valence-electron chi connectivity index (χ3n) is 2.26. The zero-order chi connectivity index (χ0) is 11.3. The summed E-state index contributed by atoms with van der Waals surface area (Å²) < 4.78 is 0. The van der Waals surface area contributed by atoms with Crippen LogP contribution < -0.4 is 5.73 Å². The number of nitrogens with zero attached hydrogens (tertiary/aromatic N) is 2. The molecule has 0 saturated heterocycles. The van der Waals surface area contributed by atoms with Crippen molar-refractivity contribution in [2.24, 2.45) is 5.73 Å². The predicted molar refractivity (Wildman–Crippen MR) is 55.0 cm³/mol. The summed E-state index contributed by atoms with van der Waals surface area (Å²) in [6.07, 6.45) is 0. The molecule has 0 spiro atoms. The lowest BCUT2D eigenvalue weighted by molar-refractivity contribution is -0.120. The third kappa shape index (κ3) is 3.33. The Hall–Kier alpha value is -1.10. The van der Waals surface area contributed by atoms with Crippen LogP contribution in [0.4, 0.5) is 4.79 Å². The standard InChI is InChI=1S/C9H19N3O2/c1-7(8(2)13)12(4)9(14)11(3)6-5-10/h7H,5-6,10H2,1-4H3. The molecule has 0 aliphatic carbocycles. The molecule has 1 unspecified atom stereocenters. The zero-order valence-corrected chi connectivity index (χ0v) is 9.28. The summed E-state index contributed by atoms with van der Waals surface area (Å²) in [5, 5.41) is 0.